The predicted octanol–water partition coefficient (Wildman–Crippen LogP) is 1.61. The number of nitrogens with two attached hydrogens (primary N) is 1. The quantitative estimate of drug-likeness (QED) is 0.761. The number of sulfonamides is 1. The summed E-state index contributed by atoms with van der Waals surface area (Å²) in [6.07, 6.45) is 1.55. The number of benzene rings is 1. The minimum atomic E-state index is -3.74. The zero-order chi connectivity index (χ0) is 17.0. The van der Waals surface area contributed by atoms with Crippen molar-refractivity contribution in [2.75, 3.05) is 26.0 Å². The molecule has 23 heavy (non-hydrogen) atoms. The van der Waals surface area contributed by atoms with Crippen molar-refractivity contribution in [1.29, 1.82) is 0 Å². The SMILES string of the molecule is COCCNS(=O)(=O)c1cc(-c2cnc(N)nc2C)ccc1Cl. The van der Waals surface area contributed by atoms with Gasteiger partial charge < -0.3 is 10.5 Å². The van der Waals surface area contributed by atoms with Gasteiger partial charge in [0.15, 0.2) is 0 Å². The molecule has 0 aliphatic heterocycles. The Hall–Kier alpha value is -1.74. The number of anilines is 1. The number of nitrogens with zero attached hydrogens (tertiary/aromatic N) is 2. The summed E-state index contributed by atoms with van der Waals surface area (Å²) in [4.78, 5) is 8.01. The fourth-order valence-corrected chi connectivity index (χ4v) is 3.54. The van der Waals surface area contributed by atoms with Gasteiger partial charge in [-0.15, -0.1) is 0 Å². The van der Waals surface area contributed by atoms with Gasteiger partial charge in [0.05, 0.1) is 17.3 Å². The van der Waals surface area contributed by atoms with Crippen LogP contribution in [0.2, 0.25) is 5.02 Å². The first-order valence-corrected chi connectivity index (χ1v) is 8.59. The second-order valence-corrected chi connectivity index (χ2v) is 6.91. The van der Waals surface area contributed by atoms with Crippen LogP contribution in [0.3, 0.4) is 0 Å². The van der Waals surface area contributed by atoms with Crippen molar-refractivity contribution in [2.45, 2.75) is 11.8 Å². The van der Waals surface area contributed by atoms with Crippen LogP contribution in [0.15, 0.2) is 29.3 Å². The van der Waals surface area contributed by atoms with E-state index in [2.05, 4.69) is 14.7 Å². The second-order valence-electron chi connectivity index (χ2n) is 4.76. The minimum absolute atomic E-state index is 0.0102. The van der Waals surface area contributed by atoms with Gasteiger partial charge in [0.1, 0.15) is 4.90 Å². The van der Waals surface area contributed by atoms with Crippen LogP contribution in [-0.4, -0.2) is 38.6 Å². The molecule has 0 saturated carbocycles. The van der Waals surface area contributed by atoms with Gasteiger partial charge in [-0.1, -0.05) is 17.7 Å². The molecule has 0 unspecified atom stereocenters. The predicted molar refractivity (Wildman–Crippen MR) is 88.7 cm³/mol. The maximum atomic E-state index is 12.3. The molecule has 0 aliphatic carbocycles. The Morgan fingerprint density at radius 3 is 2.78 bits per heavy atom. The number of rotatable bonds is 6. The fraction of sp³-hybridized carbons (Fsp3) is 0.286. The van der Waals surface area contributed by atoms with Gasteiger partial charge in [-0.25, -0.2) is 23.1 Å². The molecular weight excluding hydrogens is 340 g/mol. The minimum Gasteiger partial charge on any atom is -0.383 e. The molecule has 0 amide bonds. The molecule has 0 radical (unpaired) electrons. The summed E-state index contributed by atoms with van der Waals surface area (Å²) in [5, 5.41) is 0.132. The number of hydrogen-bond donors (Lipinski definition) is 2. The smallest absolute Gasteiger partial charge is 0.242 e. The Morgan fingerprint density at radius 2 is 2.13 bits per heavy atom. The van der Waals surface area contributed by atoms with E-state index >= 15 is 0 Å². The molecule has 9 heteroatoms. The van der Waals surface area contributed by atoms with E-state index in [0.717, 1.165) is 0 Å². The molecule has 7 nitrogen and oxygen atoms in total. The molecule has 2 aromatic rings. The molecule has 124 valence electrons. The van der Waals surface area contributed by atoms with Gasteiger partial charge in [0, 0.05) is 25.4 Å². The molecular formula is C14H17ClN4O3S. The van der Waals surface area contributed by atoms with Crippen LogP contribution in [0, 0.1) is 6.92 Å². The fourth-order valence-electron chi connectivity index (χ4n) is 2.00. The number of nitrogen functional groups attached to an aromatic ring is 1. The zero-order valence-corrected chi connectivity index (χ0v) is 14.3. The Morgan fingerprint density at radius 1 is 1.39 bits per heavy atom. The summed E-state index contributed by atoms with van der Waals surface area (Å²) in [7, 11) is -2.25. The number of ether oxygens (including phenoxy) is 1. The van der Waals surface area contributed by atoms with Crippen molar-refractivity contribution in [3.63, 3.8) is 0 Å². The van der Waals surface area contributed by atoms with Crippen molar-refractivity contribution in [1.82, 2.24) is 14.7 Å². The molecule has 2 rings (SSSR count). The van der Waals surface area contributed by atoms with E-state index in [1.54, 1.807) is 19.2 Å². The van der Waals surface area contributed by atoms with Crippen LogP contribution in [0.5, 0.6) is 0 Å². The Bertz CT molecular complexity index is 812. The lowest BCUT2D eigenvalue weighted by atomic mass is 10.1. The standard InChI is InChI=1S/C14H17ClN4O3S/c1-9-11(8-17-14(16)19-9)10-3-4-12(15)13(7-10)23(20,21)18-5-6-22-2/h3-4,7-8,18H,5-6H2,1-2H3,(H2,16,17,19). The number of methoxy groups -OCH3 is 1. The third-order valence-corrected chi connectivity index (χ3v) is 5.07. The summed E-state index contributed by atoms with van der Waals surface area (Å²) in [6, 6.07) is 4.72. The number of hydrogen-bond acceptors (Lipinski definition) is 6. The van der Waals surface area contributed by atoms with Crippen molar-refractivity contribution >= 4 is 27.6 Å². The Kier molecular flexibility index (Phi) is 5.53. The van der Waals surface area contributed by atoms with E-state index in [0.29, 0.717) is 16.8 Å². The highest BCUT2D eigenvalue weighted by Crippen LogP contribution is 2.29. The van der Waals surface area contributed by atoms with E-state index < -0.39 is 10.0 Å². The van der Waals surface area contributed by atoms with Crippen LogP contribution >= 0.6 is 11.6 Å². The van der Waals surface area contributed by atoms with E-state index in [1.165, 1.54) is 19.2 Å². The van der Waals surface area contributed by atoms with Crippen LogP contribution in [0.1, 0.15) is 5.69 Å². The molecule has 0 aliphatic rings. The first-order chi connectivity index (χ1) is 10.8. The van der Waals surface area contributed by atoms with E-state index in [1.807, 2.05) is 0 Å². The summed E-state index contributed by atoms with van der Waals surface area (Å²) in [6.45, 7) is 2.19. The molecule has 0 bridgehead atoms. The molecule has 3 N–H and O–H groups in total. The molecule has 0 saturated heterocycles. The number of aromatic nitrogens is 2. The van der Waals surface area contributed by atoms with Crippen molar-refractivity contribution < 1.29 is 13.2 Å². The monoisotopic (exact) mass is 356 g/mol. The lowest BCUT2D eigenvalue weighted by molar-refractivity contribution is 0.204. The molecule has 1 aromatic heterocycles. The molecule has 1 heterocycles. The largest absolute Gasteiger partial charge is 0.383 e. The Balaban J connectivity index is 2.43. The molecule has 0 spiro atoms. The van der Waals surface area contributed by atoms with Crippen molar-refractivity contribution in [3.05, 3.63) is 35.1 Å². The maximum Gasteiger partial charge on any atom is 0.242 e. The highest BCUT2D eigenvalue weighted by Gasteiger charge is 2.19. The maximum absolute atomic E-state index is 12.3. The van der Waals surface area contributed by atoms with Crippen LogP contribution < -0.4 is 10.5 Å². The van der Waals surface area contributed by atoms with Gasteiger partial charge in [-0.05, 0) is 24.6 Å². The topological polar surface area (TPSA) is 107 Å². The summed E-state index contributed by atoms with van der Waals surface area (Å²) < 4.78 is 32.0. The van der Waals surface area contributed by atoms with Gasteiger partial charge in [0.2, 0.25) is 16.0 Å². The van der Waals surface area contributed by atoms with Crippen LogP contribution in [0.25, 0.3) is 11.1 Å². The van der Waals surface area contributed by atoms with E-state index in [9.17, 15) is 8.42 Å². The highest BCUT2D eigenvalue weighted by molar-refractivity contribution is 7.89. The lowest BCUT2D eigenvalue weighted by Gasteiger charge is -2.11. The van der Waals surface area contributed by atoms with Crippen LogP contribution in [-0.2, 0) is 14.8 Å². The number of nitrogens with one attached hydrogen (secondary N) is 1. The van der Waals surface area contributed by atoms with Crippen molar-refractivity contribution in [2.24, 2.45) is 0 Å². The second kappa shape index (κ2) is 7.22. The Labute approximate surface area is 139 Å². The molecule has 0 atom stereocenters. The van der Waals surface area contributed by atoms with Gasteiger partial charge in [-0.2, -0.15) is 0 Å². The molecule has 0 fully saturated rings. The average molecular weight is 357 g/mol. The lowest BCUT2D eigenvalue weighted by Crippen LogP contribution is -2.27. The normalized spacial score (nSPS) is 11.6. The summed E-state index contributed by atoms with van der Waals surface area (Å²) in [5.74, 6) is 0.161. The van der Waals surface area contributed by atoms with Crippen molar-refractivity contribution in [3.8, 4) is 11.1 Å². The van der Waals surface area contributed by atoms with Gasteiger partial charge >= 0.3 is 0 Å². The molecule has 1 aromatic carbocycles. The average Bonchev–Trinajstić information content (AvgIpc) is 2.48. The first kappa shape index (κ1) is 17.6. The third kappa shape index (κ3) is 4.17. The number of halogens is 1. The first-order valence-electron chi connectivity index (χ1n) is 6.73. The summed E-state index contributed by atoms with van der Waals surface area (Å²) >= 11 is 6.04. The summed E-state index contributed by atoms with van der Waals surface area (Å²) in [5.41, 5.74) is 7.51. The number of aryl methyl sites for hydroxylation is 1. The highest BCUT2D eigenvalue weighted by atomic mass is 35.5. The third-order valence-electron chi connectivity index (χ3n) is 3.13. The van der Waals surface area contributed by atoms with Crippen LogP contribution in [0.4, 0.5) is 5.95 Å². The van der Waals surface area contributed by atoms with E-state index in [4.69, 9.17) is 22.1 Å². The van der Waals surface area contributed by atoms with E-state index in [-0.39, 0.29) is 29.0 Å². The van der Waals surface area contributed by atoms with Gasteiger partial charge in [-0.3, -0.25) is 0 Å². The van der Waals surface area contributed by atoms with Gasteiger partial charge in [0.25, 0.3) is 0 Å². The zero-order valence-electron chi connectivity index (χ0n) is 12.7.